The van der Waals surface area contributed by atoms with Gasteiger partial charge in [0.2, 0.25) is 21.8 Å². The van der Waals surface area contributed by atoms with Crippen LogP contribution in [-0.2, 0) is 26.0 Å². The maximum atomic E-state index is 13.3. The summed E-state index contributed by atoms with van der Waals surface area (Å²) in [6.07, 6.45) is 5.28. The Morgan fingerprint density at radius 3 is 2.42 bits per heavy atom. The first-order chi connectivity index (χ1) is 19.1. The number of carbonyl (C=O) groups excluding carboxylic acids is 2. The van der Waals surface area contributed by atoms with Crippen LogP contribution in [0.4, 0.5) is 0 Å². The molecule has 2 fully saturated rings. The molecule has 9 nitrogen and oxygen atoms in total. The number of hydrogen-bond donors (Lipinski definition) is 2. The molecule has 0 radical (unpaired) electrons. The van der Waals surface area contributed by atoms with Crippen molar-refractivity contribution in [3.05, 3.63) is 59.8 Å². The maximum absolute atomic E-state index is 13.3. The van der Waals surface area contributed by atoms with Crippen molar-refractivity contribution in [2.75, 3.05) is 46.0 Å². The van der Waals surface area contributed by atoms with Crippen molar-refractivity contribution in [2.24, 2.45) is 5.73 Å². The number of H-pyrrole nitrogens is 1. The molecular weight excluding hydrogens is 526 g/mol. The number of nitrogens with zero attached hydrogens (tertiary/aromatic N) is 3. The first-order valence-corrected chi connectivity index (χ1v) is 15.7. The largest absolute Gasteiger partial charge is 0.369 e. The zero-order valence-corrected chi connectivity index (χ0v) is 24.1. The van der Waals surface area contributed by atoms with E-state index in [0.29, 0.717) is 19.6 Å². The number of primary amides is 1. The van der Waals surface area contributed by atoms with Gasteiger partial charge in [0.1, 0.15) is 0 Å². The number of likely N-dealkylation sites (tertiary alicyclic amines) is 1. The molecule has 2 aromatic carbocycles. The molecule has 40 heavy (non-hydrogen) atoms. The number of aromatic nitrogens is 1. The molecule has 3 aromatic rings. The summed E-state index contributed by atoms with van der Waals surface area (Å²) < 4.78 is 28.1. The van der Waals surface area contributed by atoms with E-state index in [2.05, 4.69) is 11.1 Å². The maximum Gasteiger partial charge on any atom is 0.239 e. The summed E-state index contributed by atoms with van der Waals surface area (Å²) in [6, 6.07) is 14.0. The quantitative estimate of drug-likeness (QED) is 0.414. The zero-order chi connectivity index (χ0) is 28.4. The van der Waals surface area contributed by atoms with Crippen molar-refractivity contribution in [2.45, 2.75) is 44.1 Å². The van der Waals surface area contributed by atoms with E-state index in [4.69, 9.17) is 5.73 Å². The van der Waals surface area contributed by atoms with E-state index in [1.165, 1.54) is 0 Å². The highest BCUT2D eigenvalue weighted by molar-refractivity contribution is 7.89. The number of fused-ring (bicyclic) bond motifs is 1. The number of piperidine rings is 1. The molecule has 1 aromatic heterocycles. The Bertz CT molecular complexity index is 1480. The van der Waals surface area contributed by atoms with Crippen LogP contribution in [0.5, 0.6) is 0 Å². The molecule has 0 saturated carbocycles. The second-order valence-corrected chi connectivity index (χ2v) is 13.3. The molecule has 1 unspecified atom stereocenters. The molecule has 3 heterocycles. The summed E-state index contributed by atoms with van der Waals surface area (Å²) in [6.45, 7) is 2.06. The van der Waals surface area contributed by atoms with Gasteiger partial charge in [0.25, 0.3) is 0 Å². The Morgan fingerprint density at radius 2 is 1.75 bits per heavy atom. The molecule has 2 aliphatic heterocycles. The van der Waals surface area contributed by atoms with Gasteiger partial charge in [-0.1, -0.05) is 30.3 Å². The third-order valence-corrected chi connectivity index (χ3v) is 10.2. The number of sulfonamides is 1. The lowest BCUT2D eigenvalue weighted by atomic mass is 9.88. The van der Waals surface area contributed by atoms with Gasteiger partial charge in [-0.15, -0.1) is 0 Å². The second-order valence-electron chi connectivity index (χ2n) is 11.2. The number of benzene rings is 2. The van der Waals surface area contributed by atoms with Crippen LogP contribution < -0.4 is 5.73 Å². The van der Waals surface area contributed by atoms with Crippen LogP contribution in [0.15, 0.2) is 48.7 Å². The van der Waals surface area contributed by atoms with E-state index >= 15 is 0 Å². The summed E-state index contributed by atoms with van der Waals surface area (Å²) in [4.78, 5) is 31.3. The zero-order valence-electron chi connectivity index (χ0n) is 23.3. The van der Waals surface area contributed by atoms with Gasteiger partial charge in [-0.3, -0.25) is 14.5 Å². The monoisotopic (exact) mass is 565 g/mol. The average Bonchev–Trinajstić information content (AvgIpc) is 3.59. The first-order valence-electron chi connectivity index (χ1n) is 14.0. The predicted octanol–water partition coefficient (Wildman–Crippen LogP) is 2.92. The van der Waals surface area contributed by atoms with Crippen molar-refractivity contribution in [3.8, 4) is 11.1 Å². The Balaban J connectivity index is 1.29. The molecule has 0 aliphatic carbocycles. The number of nitrogens with two attached hydrogens (primary N) is 1. The minimum atomic E-state index is -3.43. The summed E-state index contributed by atoms with van der Waals surface area (Å²) in [7, 11) is 0.0587. The van der Waals surface area contributed by atoms with E-state index in [-0.39, 0.29) is 35.9 Å². The van der Waals surface area contributed by atoms with E-state index in [0.717, 1.165) is 65.4 Å². The summed E-state index contributed by atoms with van der Waals surface area (Å²) in [5.74, 6) is -0.108. The minimum absolute atomic E-state index is 0.0267. The molecule has 5 rings (SSSR count). The van der Waals surface area contributed by atoms with Gasteiger partial charge in [-0.2, -0.15) is 0 Å². The Labute approximate surface area is 236 Å². The lowest BCUT2D eigenvalue weighted by molar-refractivity contribution is -0.133. The van der Waals surface area contributed by atoms with Gasteiger partial charge in [0, 0.05) is 50.8 Å². The van der Waals surface area contributed by atoms with E-state index in [9.17, 15) is 18.0 Å². The first kappa shape index (κ1) is 28.3. The van der Waals surface area contributed by atoms with Crippen LogP contribution in [0.25, 0.3) is 22.0 Å². The third kappa shape index (κ3) is 5.94. The van der Waals surface area contributed by atoms with Crippen molar-refractivity contribution < 1.29 is 18.0 Å². The van der Waals surface area contributed by atoms with Crippen molar-refractivity contribution in [1.82, 2.24) is 19.1 Å². The SMILES string of the molecule is CN(C)C(=O)C1CCCN1CCS(=O)(=O)N1CCC(c2c[nH]c3c(CC(N)=O)cc(-c4ccccc4)cc23)CC1. The van der Waals surface area contributed by atoms with Crippen LogP contribution in [0.3, 0.4) is 0 Å². The lowest BCUT2D eigenvalue weighted by Gasteiger charge is -2.32. The standard InChI is InChI=1S/C30H39N5O4S/c1-33(2)30(37)27-9-6-12-34(27)15-16-40(38,39)35-13-10-22(11-14-35)26-20-32-29-24(19-28(31)36)17-23(18-25(26)29)21-7-4-3-5-8-21/h3-5,7-8,17-18,20,22,27,32H,6,9-16,19H2,1-2H3,(H2,31,36). The molecular formula is C30H39N5O4S. The Morgan fingerprint density at radius 1 is 1.02 bits per heavy atom. The molecule has 2 amide bonds. The predicted molar refractivity (Wildman–Crippen MR) is 157 cm³/mol. The fourth-order valence-electron chi connectivity index (χ4n) is 6.27. The number of hydrogen-bond acceptors (Lipinski definition) is 5. The fraction of sp³-hybridized carbons (Fsp3) is 0.467. The number of carbonyl (C=O) groups is 2. The third-order valence-electron chi connectivity index (χ3n) is 8.39. The molecule has 2 aliphatic rings. The number of rotatable bonds is 9. The smallest absolute Gasteiger partial charge is 0.239 e. The highest BCUT2D eigenvalue weighted by Crippen LogP contribution is 2.37. The summed E-state index contributed by atoms with van der Waals surface area (Å²) in [5.41, 5.74) is 10.6. The van der Waals surface area contributed by atoms with Crippen LogP contribution in [0, 0.1) is 0 Å². The lowest BCUT2D eigenvalue weighted by Crippen LogP contribution is -2.46. The van der Waals surface area contributed by atoms with Gasteiger partial charge in [0.15, 0.2) is 0 Å². The van der Waals surface area contributed by atoms with Crippen molar-refractivity contribution in [3.63, 3.8) is 0 Å². The highest BCUT2D eigenvalue weighted by atomic mass is 32.2. The van der Waals surface area contributed by atoms with E-state index < -0.39 is 10.0 Å². The van der Waals surface area contributed by atoms with Gasteiger partial charge < -0.3 is 15.6 Å². The summed E-state index contributed by atoms with van der Waals surface area (Å²) in [5, 5.41) is 1.06. The molecule has 0 bridgehead atoms. The topological polar surface area (TPSA) is 120 Å². The molecule has 3 N–H and O–H groups in total. The summed E-state index contributed by atoms with van der Waals surface area (Å²) >= 11 is 0. The Kier molecular flexibility index (Phi) is 8.30. The van der Waals surface area contributed by atoms with Crippen LogP contribution >= 0.6 is 0 Å². The number of amides is 2. The highest BCUT2D eigenvalue weighted by Gasteiger charge is 2.34. The van der Waals surface area contributed by atoms with Gasteiger partial charge in [0.05, 0.1) is 18.2 Å². The molecule has 1 atom stereocenters. The van der Waals surface area contributed by atoms with Crippen LogP contribution in [0.1, 0.15) is 42.7 Å². The Hall–Kier alpha value is -3.21. The number of aromatic amines is 1. The van der Waals surface area contributed by atoms with Gasteiger partial charge in [-0.25, -0.2) is 12.7 Å². The molecule has 2 saturated heterocycles. The average molecular weight is 566 g/mol. The number of likely N-dealkylation sites (N-methyl/N-ethyl adjacent to an activating group) is 1. The second kappa shape index (κ2) is 11.7. The van der Waals surface area contributed by atoms with Crippen molar-refractivity contribution >= 4 is 32.7 Å². The van der Waals surface area contributed by atoms with Gasteiger partial charge in [-0.05, 0) is 72.5 Å². The number of nitrogens with one attached hydrogen (secondary N) is 1. The van der Waals surface area contributed by atoms with E-state index in [1.54, 1.807) is 23.3 Å². The molecule has 0 spiro atoms. The normalized spacial score (nSPS) is 19.3. The minimum Gasteiger partial charge on any atom is -0.369 e. The van der Waals surface area contributed by atoms with Gasteiger partial charge >= 0.3 is 0 Å². The fourth-order valence-corrected chi connectivity index (χ4v) is 7.76. The van der Waals surface area contributed by atoms with E-state index in [1.807, 2.05) is 47.5 Å². The molecule has 214 valence electrons. The van der Waals surface area contributed by atoms with Crippen molar-refractivity contribution in [1.29, 1.82) is 0 Å². The van der Waals surface area contributed by atoms with Crippen LogP contribution in [-0.4, -0.2) is 91.4 Å². The van der Waals surface area contributed by atoms with Crippen LogP contribution in [0.2, 0.25) is 0 Å². The molecule has 10 heteroatoms.